The molecule has 2 atom stereocenters. The van der Waals surface area contributed by atoms with Gasteiger partial charge >= 0.3 is 5.97 Å². The molecule has 10 heteroatoms. The standard InChI is InChI=1S/C20H19N3O7/c1-12(24)29-19-18(22-7-6-14(9-17(22)25)11-28-23(26)27)15-8-13(10-21)4-5-16(15)30-20(19,2)3/h4-9,18-19H,11H2,1-3H3/t18-,19+/m1/s1. The van der Waals surface area contributed by atoms with Gasteiger partial charge in [-0.15, -0.1) is 10.1 Å². The van der Waals surface area contributed by atoms with Crippen LogP contribution in [0.25, 0.3) is 0 Å². The van der Waals surface area contributed by atoms with Gasteiger partial charge in [0.1, 0.15) is 24.0 Å². The minimum atomic E-state index is -0.982. The van der Waals surface area contributed by atoms with Gasteiger partial charge in [0.15, 0.2) is 6.10 Å². The lowest BCUT2D eigenvalue weighted by molar-refractivity contribution is -0.763. The third-order valence-electron chi connectivity index (χ3n) is 4.74. The number of hydrogen-bond donors (Lipinski definition) is 0. The summed E-state index contributed by atoms with van der Waals surface area (Å²) in [6, 6.07) is 8.80. The molecule has 0 aliphatic carbocycles. The zero-order valence-electron chi connectivity index (χ0n) is 16.5. The van der Waals surface area contributed by atoms with E-state index in [4.69, 9.17) is 9.47 Å². The molecule has 0 saturated carbocycles. The molecule has 0 unspecified atom stereocenters. The van der Waals surface area contributed by atoms with Gasteiger partial charge in [-0.3, -0.25) is 9.59 Å². The number of esters is 1. The molecule has 3 rings (SSSR count). The zero-order valence-corrected chi connectivity index (χ0v) is 16.5. The molecule has 1 aliphatic rings. The van der Waals surface area contributed by atoms with Crippen LogP contribution < -0.4 is 10.3 Å². The maximum absolute atomic E-state index is 12.9. The van der Waals surface area contributed by atoms with Crippen molar-refractivity contribution in [1.82, 2.24) is 4.57 Å². The number of nitriles is 1. The van der Waals surface area contributed by atoms with Gasteiger partial charge in [0.25, 0.3) is 10.6 Å². The summed E-state index contributed by atoms with van der Waals surface area (Å²) >= 11 is 0. The summed E-state index contributed by atoms with van der Waals surface area (Å²) in [4.78, 5) is 39.4. The van der Waals surface area contributed by atoms with Crippen LogP contribution in [0.2, 0.25) is 0 Å². The van der Waals surface area contributed by atoms with Gasteiger partial charge in [-0.05, 0) is 43.7 Å². The lowest BCUT2D eigenvalue weighted by Gasteiger charge is -2.44. The summed E-state index contributed by atoms with van der Waals surface area (Å²) in [6.45, 7) is 4.36. The molecule has 0 bridgehead atoms. The average molecular weight is 413 g/mol. The molecular weight excluding hydrogens is 394 g/mol. The van der Waals surface area contributed by atoms with Crippen LogP contribution in [0.4, 0.5) is 0 Å². The fourth-order valence-corrected chi connectivity index (χ4v) is 3.49. The molecule has 156 valence electrons. The topological polar surface area (TPSA) is 134 Å². The van der Waals surface area contributed by atoms with Crippen molar-refractivity contribution in [3.63, 3.8) is 0 Å². The number of nitrogens with zero attached hydrogens (tertiary/aromatic N) is 3. The van der Waals surface area contributed by atoms with E-state index in [9.17, 15) is 25.0 Å². The van der Waals surface area contributed by atoms with Crippen molar-refractivity contribution < 1.29 is 24.2 Å². The van der Waals surface area contributed by atoms with Crippen molar-refractivity contribution in [2.75, 3.05) is 0 Å². The van der Waals surface area contributed by atoms with E-state index >= 15 is 0 Å². The van der Waals surface area contributed by atoms with Gasteiger partial charge in [-0.1, -0.05) is 0 Å². The number of carbonyl (C=O) groups is 1. The second-order valence-electron chi connectivity index (χ2n) is 7.32. The number of aromatic nitrogens is 1. The van der Waals surface area contributed by atoms with E-state index in [0.29, 0.717) is 22.4 Å². The van der Waals surface area contributed by atoms with Gasteiger partial charge in [0.05, 0.1) is 11.6 Å². The largest absolute Gasteiger partial charge is 0.484 e. The van der Waals surface area contributed by atoms with Crippen LogP contribution in [0.3, 0.4) is 0 Å². The Hall–Kier alpha value is -3.87. The minimum absolute atomic E-state index is 0.314. The van der Waals surface area contributed by atoms with Gasteiger partial charge < -0.3 is 18.9 Å². The fourth-order valence-electron chi connectivity index (χ4n) is 3.49. The third-order valence-corrected chi connectivity index (χ3v) is 4.74. The summed E-state index contributed by atoms with van der Waals surface area (Å²) in [5, 5.41) is 18.7. The van der Waals surface area contributed by atoms with E-state index in [0.717, 1.165) is 0 Å². The Morgan fingerprint density at radius 2 is 2.10 bits per heavy atom. The molecule has 2 aromatic rings. The molecule has 1 aromatic heterocycles. The lowest BCUT2D eigenvalue weighted by Crippen LogP contribution is -2.54. The summed E-state index contributed by atoms with van der Waals surface area (Å²) in [6.07, 6.45) is 0.571. The Bertz CT molecular complexity index is 1100. The highest BCUT2D eigenvalue weighted by atomic mass is 16.9. The Balaban J connectivity index is 2.15. The highest BCUT2D eigenvalue weighted by Gasteiger charge is 2.47. The van der Waals surface area contributed by atoms with Crippen LogP contribution in [0.1, 0.15) is 43.5 Å². The Kier molecular flexibility index (Phi) is 5.47. The van der Waals surface area contributed by atoms with E-state index in [-0.39, 0.29) is 6.61 Å². The van der Waals surface area contributed by atoms with E-state index in [2.05, 4.69) is 4.84 Å². The number of fused-ring (bicyclic) bond motifs is 1. The predicted octanol–water partition coefficient (Wildman–Crippen LogP) is 2.12. The van der Waals surface area contributed by atoms with E-state index < -0.39 is 34.4 Å². The molecule has 10 nitrogen and oxygen atoms in total. The molecule has 2 heterocycles. The van der Waals surface area contributed by atoms with Crippen molar-refractivity contribution in [2.45, 2.75) is 45.1 Å². The number of pyridine rings is 1. The van der Waals surface area contributed by atoms with Crippen LogP contribution in [0.15, 0.2) is 41.3 Å². The normalized spacial score (nSPS) is 19.0. The number of benzene rings is 1. The molecule has 0 amide bonds. The summed E-state index contributed by atoms with van der Waals surface area (Å²) in [5.74, 6) is -0.0920. The van der Waals surface area contributed by atoms with Crippen molar-refractivity contribution >= 4 is 5.97 Å². The van der Waals surface area contributed by atoms with Gasteiger partial charge in [-0.2, -0.15) is 5.26 Å². The summed E-state index contributed by atoms with van der Waals surface area (Å²) in [7, 11) is 0. The molecule has 1 aromatic carbocycles. The number of carbonyl (C=O) groups excluding carboxylic acids is 1. The molecular formula is C20H19N3O7. The third kappa shape index (κ3) is 4.10. The molecule has 30 heavy (non-hydrogen) atoms. The Morgan fingerprint density at radius 3 is 2.70 bits per heavy atom. The highest BCUT2D eigenvalue weighted by Crippen LogP contribution is 2.43. The Labute approximate surface area is 171 Å². The SMILES string of the molecule is CC(=O)O[C@H]1[C@H](n2ccc(CO[N+](=O)[O-])cc2=O)c2cc(C#N)ccc2OC1(C)C. The first-order chi connectivity index (χ1) is 14.1. The predicted molar refractivity (Wildman–Crippen MR) is 102 cm³/mol. The van der Waals surface area contributed by atoms with E-state index in [1.807, 2.05) is 6.07 Å². The van der Waals surface area contributed by atoms with Gasteiger partial charge in [0.2, 0.25) is 0 Å². The van der Waals surface area contributed by atoms with Crippen LogP contribution in [-0.4, -0.2) is 27.3 Å². The second-order valence-corrected chi connectivity index (χ2v) is 7.32. The molecule has 0 N–H and O–H groups in total. The first-order valence-corrected chi connectivity index (χ1v) is 9.01. The minimum Gasteiger partial charge on any atom is -0.484 e. The van der Waals surface area contributed by atoms with Gasteiger partial charge in [0, 0.05) is 24.8 Å². The fraction of sp³-hybridized carbons (Fsp3) is 0.350. The van der Waals surface area contributed by atoms with Crippen LogP contribution in [0.5, 0.6) is 5.75 Å². The molecule has 0 spiro atoms. The number of hydrogen-bond acceptors (Lipinski definition) is 8. The zero-order chi connectivity index (χ0) is 22.1. The van der Waals surface area contributed by atoms with E-state index in [1.165, 1.54) is 29.8 Å². The quantitative estimate of drug-likeness (QED) is 0.413. The van der Waals surface area contributed by atoms with Crippen LogP contribution in [0, 0.1) is 21.4 Å². The summed E-state index contributed by atoms with van der Waals surface area (Å²) in [5.41, 5.74) is -0.282. The first kappa shape index (κ1) is 20.9. The number of rotatable bonds is 5. The maximum atomic E-state index is 12.9. The van der Waals surface area contributed by atoms with Crippen molar-refractivity contribution in [2.24, 2.45) is 0 Å². The molecule has 0 fully saturated rings. The lowest BCUT2D eigenvalue weighted by atomic mass is 9.85. The molecule has 1 aliphatic heterocycles. The average Bonchev–Trinajstić information content (AvgIpc) is 2.67. The van der Waals surface area contributed by atoms with E-state index in [1.54, 1.807) is 32.0 Å². The Morgan fingerprint density at radius 1 is 1.37 bits per heavy atom. The molecule has 0 saturated heterocycles. The van der Waals surface area contributed by atoms with Crippen molar-refractivity contribution in [3.8, 4) is 11.8 Å². The maximum Gasteiger partial charge on any atom is 0.303 e. The second kappa shape index (κ2) is 7.87. The van der Waals surface area contributed by atoms with Crippen LogP contribution in [-0.2, 0) is 21.0 Å². The van der Waals surface area contributed by atoms with Crippen molar-refractivity contribution in [1.29, 1.82) is 5.26 Å². The summed E-state index contributed by atoms with van der Waals surface area (Å²) < 4.78 is 12.9. The van der Waals surface area contributed by atoms with Crippen LogP contribution >= 0.6 is 0 Å². The van der Waals surface area contributed by atoms with Crippen molar-refractivity contribution in [3.05, 3.63) is 73.7 Å². The highest BCUT2D eigenvalue weighted by molar-refractivity contribution is 5.66. The first-order valence-electron chi connectivity index (χ1n) is 9.01. The monoisotopic (exact) mass is 413 g/mol. The number of ether oxygens (including phenoxy) is 2. The van der Waals surface area contributed by atoms with Gasteiger partial charge in [-0.25, -0.2) is 0 Å². The molecule has 0 radical (unpaired) electrons. The smallest absolute Gasteiger partial charge is 0.303 e.